The maximum absolute atomic E-state index is 11.1. The number of ketones is 1. The number of aromatic hydroxyl groups is 1. The van der Waals surface area contributed by atoms with E-state index in [0.717, 1.165) is 0 Å². The van der Waals surface area contributed by atoms with Gasteiger partial charge in [0.2, 0.25) is 0 Å². The lowest BCUT2D eigenvalue weighted by atomic mass is 10.1. The minimum absolute atomic E-state index is 0.00852. The molecule has 0 heterocycles. The van der Waals surface area contributed by atoms with Crippen LogP contribution >= 0.6 is 0 Å². The Kier molecular flexibility index (Phi) is 3.67. The van der Waals surface area contributed by atoms with Gasteiger partial charge in [0.1, 0.15) is 5.75 Å². The van der Waals surface area contributed by atoms with Crippen LogP contribution in [-0.4, -0.2) is 10.9 Å². The molecule has 15 heavy (non-hydrogen) atoms. The van der Waals surface area contributed by atoms with Crippen molar-refractivity contribution in [3.05, 3.63) is 35.4 Å². The molecule has 0 bridgehead atoms. The van der Waals surface area contributed by atoms with Crippen molar-refractivity contribution >= 4 is 11.9 Å². The van der Waals surface area contributed by atoms with Gasteiger partial charge in [-0.1, -0.05) is 26.0 Å². The number of rotatable bonds is 3. The van der Waals surface area contributed by atoms with Crippen molar-refractivity contribution in [3.8, 4) is 5.75 Å². The van der Waals surface area contributed by atoms with E-state index in [9.17, 15) is 9.90 Å². The maximum Gasteiger partial charge on any atom is 0.159 e. The van der Waals surface area contributed by atoms with Crippen LogP contribution in [0, 0.1) is 5.92 Å². The molecular weight excluding hydrogens is 188 g/mol. The normalized spacial score (nSPS) is 11.2. The molecule has 1 aromatic carbocycles. The van der Waals surface area contributed by atoms with E-state index in [-0.39, 0.29) is 11.5 Å². The van der Waals surface area contributed by atoms with Gasteiger partial charge >= 0.3 is 0 Å². The van der Waals surface area contributed by atoms with E-state index >= 15 is 0 Å². The average Bonchev–Trinajstić information content (AvgIpc) is 2.16. The molecule has 0 saturated heterocycles. The Morgan fingerprint density at radius 2 is 2.07 bits per heavy atom. The summed E-state index contributed by atoms with van der Waals surface area (Å²) in [6.45, 7) is 5.63. The first-order chi connectivity index (χ1) is 7.00. The number of benzene rings is 1. The highest BCUT2D eigenvalue weighted by molar-refractivity contribution is 5.94. The summed E-state index contributed by atoms with van der Waals surface area (Å²) in [6.07, 6.45) is 3.82. The molecule has 0 unspecified atom stereocenters. The zero-order valence-corrected chi connectivity index (χ0v) is 9.32. The van der Waals surface area contributed by atoms with Crippen molar-refractivity contribution in [1.82, 2.24) is 0 Å². The summed E-state index contributed by atoms with van der Waals surface area (Å²) < 4.78 is 0. The minimum atomic E-state index is 0.00852. The highest BCUT2D eigenvalue weighted by Gasteiger charge is 2.03. The summed E-state index contributed by atoms with van der Waals surface area (Å²) in [6, 6.07) is 4.89. The quantitative estimate of drug-likeness (QED) is 0.767. The molecule has 0 atom stereocenters. The average molecular weight is 204 g/mol. The van der Waals surface area contributed by atoms with Gasteiger partial charge in [0, 0.05) is 11.1 Å². The monoisotopic (exact) mass is 204 g/mol. The van der Waals surface area contributed by atoms with Gasteiger partial charge in [-0.25, -0.2) is 0 Å². The van der Waals surface area contributed by atoms with Gasteiger partial charge in [0.15, 0.2) is 5.78 Å². The fourth-order valence-electron chi connectivity index (χ4n) is 1.20. The van der Waals surface area contributed by atoms with Gasteiger partial charge in [-0.3, -0.25) is 4.79 Å². The van der Waals surface area contributed by atoms with Crippen LogP contribution in [0.25, 0.3) is 6.08 Å². The van der Waals surface area contributed by atoms with Gasteiger partial charge in [-0.2, -0.15) is 0 Å². The molecule has 2 nitrogen and oxygen atoms in total. The van der Waals surface area contributed by atoms with Crippen molar-refractivity contribution in [2.75, 3.05) is 0 Å². The number of hydrogen-bond donors (Lipinski definition) is 1. The zero-order chi connectivity index (χ0) is 11.4. The highest BCUT2D eigenvalue weighted by atomic mass is 16.3. The topological polar surface area (TPSA) is 37.3 Å². The molecule has 1 N–H and O–H groups in total. The van der Waals surface area contributed by atoms with Crippen molar-refractivity contribution in [2.24, 2.45) is 5.92 Å². The largest absolute Gasteiger partial charge is 0.507 e. The molecule has 1 aromatic rings. The first-order valence-corrected chi connectivity index (χ1v) is 5.03. The van der Waals surface area contributed by atoms with E-state index in [0.29, 0.717) is 17.0 Å². The van der Waals surface area contributed by atoms with Crippen molar-refractivity contribution in [3.63, 3.8) is 0 Å². The molecule has 0 aliphatic rings. The molecule has 1 rings (SSSR count). The molecule has 2 heteroatoms. The number of hydrogen-bond acceptors (Lipinski definition) is 2. The van der Waals surface area contributed by atoms with Crippen LogP contribution in [0.15, 0.2) is 24.3 Å². The molecule has 0 aliphatic heterocycles. The summed E-state index contributed by atoms with van der Waals surface area (Å²) in [5.74, 6) is 0.636. The summed E-state index contributed by atoms with van der Waals surface area (Å²) in [7, 11) is 0. The Morgan fingerprint density at radius 1 is 1.40 bits per heavy atom. The summed E-state index contributed by atoms with van der Waals surface area (Å²) in [5.41, 5.74) is 1.31. The molecule has 80 valence electrons. The third-order valence-electron chi connectivity index (χ3n) is 2.09. The van der Waals surface area contributed by atoms with Gasteiger partial charge < -0.3 is 5.11 Å². The van der Waals surface area contributed by atoms with Gasteiger partial charge in [0.05, 0.1) is 0 Å². The second kappa shape index (κ2) is 4.78. The van der Waals surface area contributed by atoms with E-state index in [1.165, 1.54) is 6.92 Å². The lowest BCUT2D eigenvalue weighted by Gasteiger charge is -2.02. The van der Waals surface area contributed by atoms with Crippen LogP contribution in [-0.2, 0) is 0 Å². The molecule has 0 aromatic heterocycles. The molecule has 0 aliphatic carbocycles. The predicted molar refractivity (Wildman–Crippen MR) is 62.0 cm³/mol. The summed E-state index contributed by atoms with van der Waals surface area (Å²) in [5, 5.41) is 9.57. The lowest BCUT2D eigenvalue weighted by molar-refractivity contribution is 0.101. The number of Topliss-reactive ketones (excluding diaryl/α,β-unsaturated/α-hetero) is 1. The van der Waals surface area contributed by atoms with Crippen LogP contribution in [0.2, 0.25) is 0 Å². The van der Waals surface area contributed by atoms with Crippen LogP contribution in [0.4, 0.5) is 0 Å². The summed E-state index contributed by atoms with van der Waals surface area (Å²) >= 11 is 0. The van der Waals surface area contributed by atoms with Crippen molar-refractivity contribution < 1.29 is 9.90 Å². The minimum Gasteiger partial charge on any atom is -0.507 e. The maximum atomic E-state index is 11.1. The van der Waals surface area contributed by atoms with E-state index in [1.807, 2.05) is 12.2 Å². The number of phenolic OH excluding ortho intramolecular Hbond substituents is 1. The van der Waals surface area contributed by atoms with Gasteiger partial charge in [-0.15, -0.1) is 0 Å². The van der Waals surface area contributed by atoms with E-state index in [2.05, 4.69) is 13.8 Å². The van der Waals surface area contributed by atoms with Crippen LogP contribution in [0.3, 0.4) is 0 Å². The number of allylic oxidation sites excluding steroid dienone is 1. The Labute approximate surface area is 90.3 Å². The lowest BCUT2D eigenvalue weighted by Crippen LogP contribution is -1.92. The van der Waals surface area contributed by atoms with Crippen LogP contribution < -0.4 is 0 Å². The Bertz CT molecular complexity index is 390. The second-order valence-electron chi connectivity index (χ2n) is 3.93. The SMILES string of the molecule is CC(=O)c1ccc(O)c(C=CC(C)C)c1. The smallest absolute Gasteiger partial charge is 0.159 e. The third-order valence-corrected chi connectivity index (χ3v) is 2.09. The number of phenols is 1. The molecule has 0 amide bonds. The van der Waals surface area contributed by atoms with E-state index in [4.69, 9.17) is 0 Å². The van der Waals surface area contributed by atoms with Crippen LogP contribution in [0.1, 0.15) is 36.7 Å². The molecule has 0 fully saturated rings. The van der Waals surface area contributed by atoms with E-state index < -0.39 is 0 Å². The first-order valence-electron chi connectivity index (χ1n) is 5.03. The highest BCUT2D eigenvalue weighted by Crippen LogP contribution is 2.20. The molecule has 0 spiro atoms. The fraction of sp³-hybridized carbons (Fsp3) is 0.308. The van der Waals surface area contributed by atoms with Gasteiger partial charge in [0.25, 0.3) is 0 Å². The number of carbonyl (C=O) groups is 1. The zero-order valence-electron chi connectivity index (χ0n) is 9.32. The molecule has 0 radical (unpaired) electrons. The Morgan fingerprint density at radius 3 is 2.60 bits per heavy atom. The standard InChI is InChI=1S/C13H16O2/c1-9(2)4-5-12-8-11(10(3)14)6-7-13(12)15/h4-9,15H,1-3H3. The second-order valence-corrected chi connectivity index (χ2v) is 3.93. The molecular formula is C13H16O2. The number of carbonyl (C=O) groups excluding carboxylic acids is 1. The van der Waals surface area contributed by atoms with Crippen LogP contribution in [0.5, 0.6) is 5.75 Å². The van der Waals surface area contributed by atoms with E-state index in [1.54, 1.807) is 18.2 Å². The first kappa shape index (κ1) is 11.5. The van der Waals surface area contributed by atoms with Crippen molar-refractivity contribution in [2.45, 2.75) is 20.8 Å². The third kappa shape index (κ3) is 3.24. The Balaban J connectivity index is 3.05. The van der Waals surface area contributed by atoms with Crippen molar-refractivity contribution in [1.29, 1.82) is 0 Å². The summed E-state index contributed by atoms with van der Waals surface area (Å²) in [4.78, 5) is 11.1. The predicted octanol–water partition coefficient (Wildman–Crippen LogP) is 3.26. The van der Waals surface area contributed by atoms with Gasteiger partial charge in [-0.05, 0) is 31.0 Å². The Hall–Kier alpha value is -1.57. The fourth-order valence-corrected chi connectivity index (χ4v) is 1.20. The molecule has 0 saturated carbocycles.